The topological polar surface area (TPSA) is 37.2 Å². The third-order valence-electron chi connectivity index (χ3n) is 1.61. The van der Waals surface area contributed by atoms with Gasteiger partial charge in [-0.15, -0.1) is 0 Å². The Hall–Kier alpha value is -0.800. The summed E-state index contributed by atoms with van der Waals surface area (Å²) in [6, 6.07) is 3.71. The number of methoxy groups -OCH3 is 1. The molecule has 1 rings (SSSR count). The maximum Gasteiger partial charge on any atom is 0.0641 e. The first-order valence-corrected chi connectivity index (χ1v) is 3.59. The highest BCUT2D eigenvalue weighted by molar-refractivity contribution is 5.05. The maximum atomic E-state index is 10.5. The molecule has 11 heavy (non-hydrogen) atoms. The van der Waals surface area contributed by atoms with Gasteiger partial charge in [0.25, 0.3) is 0 Å². The van der Waals surface area contributed by atoms with Gasteiger partial charge in [-0.05, 0) is 12.1 Å². The highest BCUT2D eigenvalue weighted by atomic mass is 16.5. The molecule has 1 aromatic heterocycles. The number of aromatic nitrogens is 1. The van der Waals surface area contributed by atoms with Crippen molar-refractivity contribution in [2.75, 3.05) is 13.7 Å². The first-order valence-electron chi connectivity index (χ1n) is 3.59. The smallest absolute Gasteiger partial charge is 0.0641 e. The van der Waals surface area contributed by atoms with E-state index in [4.69, 9.17) is 4.74 Å². The van der Waals surface area contributed by atoms with Gasteiger partial charge in [0.05, 0.1) is 6.61 Å². The molecule has 0 saturated carbocycles. The molecule has 0 spiro atoms. The van der Waals surface area contributed by atoms with E-state index in [2.05, 4.69) is 0 Å². The summed E-state index contributed by atoms with van der Waals surface area (Å²) >= 11 is 0. The monoisotopic (exact) mass is 154 g/mol. The number of nitrogens with zero attached hydrogens (tertiary/aromatic N) is 1. The van der Waals surface area contributed by atoms with Gasteiger partial charge >= 0.3 is 0 Å². The molecular formula is C8H12NO2-. The number of hydrogen-bond donors (Lipinski definition) is 0. The lowest BCUT2D eigenvalue weighted by Gasteiger charge is -2.09. The van der Waals surface area contributed by atoms with Crippen molar-refractivity contribution in [3.8, 4) is 0 Å². The van der Waals surface area contributed by atoms with Crippen LogP contribution in [0, 0.1) is 0 Å². The Balaban J connectivity index is 2.54. The zero-order valence-electron chi connectivity index (χ0n) is 6.62. The minimum Gasteiger partial charge on any atom is -0.850 e. The van der Waals surface area contributed by atoms with Crippen molar-refractivity contribution in [1.82, 2.24) is 4.57 Å². The summed E-state index contributed by atoms with van der Waals surface area (Å²) < 4.78 is 6.80. The van der Waals surface area contributed by atoms with Crippen molar-refractivity contribution in [2.24, 2.45) is 0 Å². The van der Waals surface area contributed by atoms with Crippen molar-refractivity contribution in [3.05, 3.63) is 24.0 Å². The lowest BCUT2D eigenvalue weighted by atomic mass is 10.4. The van der Waals surface area contributed by atoms with E-state index in [1.165, 1.54) is 0 Å². The van der Waals surface area contributed by atoms with Gasteiger partial charge in [-0.3, -0.25) is 0 Å². The largest absolute Gasteiger partial charge is 0.850 e. The van der Waals surface area contributed by atoms with Crippen LogP contribution >= 0.6 is 0 Å². The molecule has 62 valence electrons. The van der Waals surface area contributed by atoms with Crippen LogP contribution in [0.4, 0.5) is 0 Å². The van der Waals surface area contributed by atoms with E-state index in [1.807, 2.05) is 22.9 Å². The molecule has 1 heterocycles. The lowest BCUT2D eigenvalue weighted by molar-refractivity contribution is -0.387. The highest BCUT2D eigenvalue weighted by Crippen LogP contribution is 1.99. The average Bonchev–Trinajstić information content (AvgIpc) is 2.47. The average molecular weight is 154 g/mol. The molecule has 0 unspecified atom stereocenters. The van der Waals surface area contributed by atoms with Crippen LogP contribution in [0.3, 0.4) is 0 Å². The predicted molar refractivity (Wildman–Crippen MR) is 40.0 cm³/mol. The quantitative estimate of drug-likeness (QED) is 0.612. The first kappa shape index (κ1) is 8.30. The lowest BCUT2D eigenvalue weighted by Crippen LogP contribution is -2.11. The second kappa shape index (κ2) is 4.16. The van der Waals surface area contributed by atoms with Gasteiger partial charge in [-0.25, -0.2) is 0 Å². The van der Waals surface area contributed by atoms with Crippen LogP contribution in [0.1, 0.15) is 5.69 Å². The van der Waals surface area contributed by atoms with Gasteiger partial charge in [0, 0.05) is 25.5 Å². The minimum absolute atomic E-state index is 0.156. The van der Waals surface area contributed by atoms with Gasteiger partial charge in [-0.1, -0.05) is 6.61 Å². The van der Waals surface area contributed by atoms with E-state index in [1.54, 1.807) is 7.11 Å². The maximum absolute atomic E-state index is 10.5. The Labute approximate surface area is 66.2 Å². The van der Waals surface area contributed by atoms with E-state index in [-0.39, 0.29) is 6.61 Å². The Morgan fingerprint density at radius 2 is 2.45 bits per heavy atom. The van der Waals surface area contributed by atoms with Crippen LogP contribution < -0.4 is 5.11 Å². The van der Waals surface area contributed by atoms with Crippen LogP contribution in [0.2, 0.25) is 0 Å². The summed E-state index contributed by atoms with van der Waals surface area (Å²) in [5, 5.41) is 10.5. The molecule has 0 aliphatic carbocycles. The molecule has 3 heteroatoms. The molecule has 0 N–H and O–H groups in total. The fourth-order valence-corrected chi connectivity index (χ4v) is 0.988. The normalized spacial score (nSPS) is 10.4. The Kier molecular flexibility index (Phi) is 3.14. The second-order valence-electron chi connectivity index (χ2n) is 2.33. The van der Waals surface area contributed by atoms with Gasteiger partial charge in [0.2, 0.25) is 0 Å². The Morgan fingerprint density at radius 1 is 1.64 bits per heavy atom. The minimum atomic E-state index is -0.156. The Morgan fingerprint density at radius 3 is 3.09 bits per heavy atom. The zero-order valence-corrected chi connectivity index (χ0v) is 6.62. The van der Waals surface area contributed by atoms with Crippen LogP contribution in [0.15, 0.2) is 18.3 Å². The first-order chi connectivity index (χ1) is 5.38. The third-order valence-corrected chi connectivity index (χ3v) is 1.61. The fraction of sp³-hybridized carbons (Fsp3) is 0.500. The molecule has 0 amide bonds. The summed E-state index contributed by atoms with van der Waals surface area (Å²) in [5.74, 6) is 0. The van der Waals surface area contributed by atoms with Crippen LogP contribution in [-0.4, -0.2) is 18.3 Å². The molecule has 0 saturated heterocycles. The molecule has 0 aliphatic heterocycles. The van der Waals surface area contributed by atoms with Crippen molar-refractivity contribution < 1.29 is 9.84 Å². The second-order valence-corrected chi connectivity index (χ2v) is 2.33. The van der Waals surface area contributed by atoms with Gasteiger partial charge in [-0.2, -0.15) is 0 Å². The molecule has 0 bridgehead atoms. The van der Waals surface area contributed by atoms with Crippen molar-refractivity contribution >= 4 is 0 Å². The SMILES string of the molecule is COCCn1cccc1C[O-]. The number of ether oxygens (including phenoxy) is 1. The molecule has 1 aromatic rings. The van der Waals surface area contributed by atoms with Gasteiger partial charge in [0.15, 0.2) is 0 Å². The molecule has 3 nitrogen and oxygen atoms in total. The summed E-state index contributed by atoms with van der Waals surface area (Å²) in [5.41, 5.74) is 0.821. The van der Waals surface area contributed by atoms with Gasteiger partial charge < -0.3 is 14.4 Å². The van der Waals surface area contributed by atoms with E-state index in [0.717, 1.165) is 12.2 Å². The molecule has 0 radical (unpaired) electrons. The van der Waals surface area contributed by atoms with Gasteiger partial charge in [0.1, 0.15) is 0 Å². The van der Waals surface area contributed by atoms with Crippen molar-refractivity contribution in [1.29, 1.82) is 0 Å². The third kappa shape index (κ3) is 2.06. The number of rotatable bonds is 4. The molecule has 0 fully saturated rings. The molecule has 0 atom stereocenters. The summed E-state index contributed by atoms with van der Waals surface area (Å²) in [6.07, 6.45) is 1.90. The van der Waals surface area contributed by atoms with E-state index in [9.17, 15) is 5.11 Å². The van der Waals surface area contributed by atoms with Crippen molar-refractivity contribution in [3.63, 3.8) is 0 Å². The standard InChI is InChI=1S/C8H12NO2/c1-11-6-5-9-4-2-3-8(9)7-10/h2-4H,5-7H2,1H3/q-1. The zero-order chi connectivity index (χ0) is 8.10. The fourth-order valence-electron chi connectivity index (χ4n) is 0.988. The van der Waals surface area contributed by atoms with Crippen molar-refractivity contribution in [2.45, 2.75) is 13.2 Å². The Bertz CT molecular complexity index is 208. The van der Waals surface area contributed by atoms with Crippen LogP contribution in [0.25, 0.3) is 0 Å². The van der Waals surface area contributed by atoms with E-state index < -0.39 is 0 Å². The molecule has 0 aromatic carbocycles. The van der Waals surface area contributed by atoms with Crippen LogP contribution in [-0.2, 0) is 17.9 Å². The summed E-state index contributed by atoms with van der Waals surface area (Å²) in [6.45, 7) is 1.26. The highest BCUT2D eigenvalue weighted by Gasteiger charge is 1.93. The molecular weight excluding hydrogens is 142 g/mol. The number of hydrogen-bond acceptors (Lipinski definition) is 2. The predicted octanol–water partition coefficient (Wildman–Crippen LogP) is -0.00520. The van der Waals surface area contributed by atoms with E-state index >= 15 is 0 Å². The molecule has 0 aliphatic rings. The summed E-state index contributed by atoms with van der Waals surface area (Å²) in [7, 11) is 1.65. The van der Waals surface area contributed by atoms with E-state index in [0.29, 0.717) is 6.61 Å². The van der Waals surface area contributed by atoms with Crippen LogP contribution in [0.5, 0.6) is 0 Å². The summed E-state index contributed by atoms with van der Waals surface area (Å²) in [4.78, 5) is 0.